The molecule has 0 aliphatic carbocycles. The van der Waals surface area contributed by atoms with Crippen molar-refractivity contribution in [3.63, 3.8) is 0 Å². The first-order valence-electron chi connectivity index (χ1n) is 10.2. The Kier molecular flexibility index (Phi) is 5.15. The van der Waals surface area contributed by atoms with Gasteiger partial charge in [0.1, 0.15) is 5.92 Å². The first kappa shape index (κ1) is 20.6. The second-order valence-corrected chi connectivity index (χ2v) is 8.75. The van der Waals surface area contributed by atoms with Crippen LogP contribution < -0.4 is 9.96 Å². The standard InChI is InChI=1S/C25H19BrN2O4/c1-15(29)16-7-6-12-20(14-16)27-24(30)21-22(17-8-5-9-18(26)13-17)28(32-23(21)25(27)31)19-10-3-2-4-11-19/h2-14,21-23H,1H3/t21-,22-,23+/m1/s1. The Balaban J connectivity index is 1.58. The van der Waals surface area contributed by atoms with Gasteiger partial charge in [-0.3, -0.25) is 19.2 Å². The minimum absolute atomic E-state index is 0.135. The summed E-state index contributed by atoms with van der Waals surface area (Å²) in [7, 11) is 0. The number of anilines is 2. The maximum Gasteiger partial charge on any atom is 0.266 e. The highest BCUT2D eigenvalue weighted by atomic mass is 79.9. The third-order valence-corrected chi connectivity index (χ3v) is 6.32. The number of hydroxylamine groups is 1. The van der Waals surface area contributed by atoms with E-state index >= 15 is 0 Å². The van der Waals surface area contributed by atoms with Crippen LogP contribution in [0, 0.1) is 5.92 Å². The molecule has 6 nitrogen and oxygen atoms in total. The highest BCUT2D eigenvalue weighted by Gasteiger charge is 2.60. The molecule has 32 heavy (non-hydrogen) atoms. The SMILES string of the molecule is CC(=O)c1cccc(N2C(=O)[C@H]3[C@H](ON(c4ccccc4)[C@@H]3c3cccc(Br)c3)C2=O)c1. The van der Waals surface area contributed by atoms with E-state index in [0.717, 1.165) is 20.6 Å². The van der Waals surface area contributed by atoms with E-state index in [2.05, 4.69) is 15.9 Å². The van der Waals surface area contributed by atoms with Crippen LogP contribution in [-0.4, -0.2) is 23.7 Å². The van der Waals surface area contributed by atoms with Crippen LogP contribution in [0.25, 0.3) is 0 Å². The molecule has 0 aromatic heterocycles. The van der Waals surface area contributed by atoms with Gasteiger partial charge in [0.15, 0.2) is 11.9 Å². The summed E-state index contributed by atoms with van der Waals surface area (Å²) in [6, 6.07) is 23.2. The number of halogens is 1. The molecule has 2 aliphatic rings. The van der Waals surface area contributed by atoms with E-state index in [9.17, 15) is 14.4 Å². The molecule has 0 bridgehead atoms. The number of rotatable bonds is 4. The third-order valence-electron chi connectivity index (χ3n) is 5.83. The lowest BCUT2D eigenvalue weighted by Gasteiger charge is -2.29. The second kappa shape index (κ2) is 8.00. The fraction of sp³-hybridized carbons (Fsp3) is 0.160. The first-order chi connectivity index (χ1) is 15.5. The molecule has 160 valence electrons. The van der Waals surface area contributed by atoms with E-state index in [0.29, 0.717) is 11.3 Å². The molecule has 3 aromatic carbocycles. The molecule has 2 fully saturated rings. The Morgan fingerprint density at radius 2 is 1.59 bits per heavy atom. The summed E-state index contributed by atoms with van der Waals surface area (Å²) in [6.45, 7) is 1.45. The van der Waals surface area contributed by atoms with Crippen molar-refractivity contribution in [2.24, 2.45) is 5.92 Å². The van der Waals surface area contributed by atoms with Crippen molar-refractivity contribution in [3.05, 3.63) is 94.5 Å². The monoisotopic (exact) mass is 490 g/mol. The Morgan fingerprint density at radius 1 is 0.875 bits per heavy atom. The van der Waals surface area contributed by atoms with Gasteiger partial charge in [0.2, 0.25) is 5.91 Å². The molecule has 0 unspecified atom stereocenters. The highest BCUT2D eigenvalue weighted by molar-refractivity contribution is 9.10. The van der Waals surface area contributed by atoms with Crippen molar-refractivity contribution < 1.29 is 19.2 Å². The molecular weight excluding hydrogens is 472 g/mol. The van der Waals surface area contributed by atoms with Gasteiger partial charge in [0, 0.05) is 10.0 Å². The molecule has 2 heterocycles. The lowest BCUT2D eigenvalue weighted by Crippen LogP contribution is -2.37. The molecule has 3 aromatic rings. The summed E-state index contributed by atoms with van der Waals surface area (Å²) < 4.78 is 0.870. The molecule has 2 amide bonds. The summed E-state index contributed by atoms with van der Waals surface area (Å²) in [4.78, 5) is 46.1. The Morgan fingerprint density at radius 3 is 2.31 bits per heavy atom. The van der Waals surface area contributed by atoms with Gasteiger partial charge in [-0.05, 0) is 48.9 Å². The Bertz CT molecular complexity index is 1230. The van der Waals surface area contributed by atoms with Crippen molar-refractivity contribution in [1.82, 2.24) is 0 Å². The van der Waals surface area contributed by atoms with E-state index in [-0.39, 0.29) is 11.7 Å². The molecule has 2 aliphatic heterocycles. The van der Waals surface area contributed by atoms with Crippen LogP contribution in [0.15, 0.2) is 83.3 Å². The molecule has 0 radical (unpaired) electrons. The van der Waals surface area contributed by atoms with Crippen LogP contribution in [0.2, 0.25) is 0 Å². The van der Waals surface area contributed by atoms with Crippen molar-refractivity contribution in [3.8, 4) is 0 Å². The normalized spacial score (nSPS) is 22.4. The number of para-hydroxylation sites is 1. The summed E-state index contributed by atoms with van der Waals surface area (Å²) in [5.41, 5.74) is 2.44. The topological polar surface area (TPSA) is 66.9 Å². The lowest BCUT2D eigenvalue weighted by atomic mass is 9.90. The summed E-state index contributed by atoms with van der Waals surface area (Å²) in [5, 5.41) is 1.66. The lowest BCUT2D eigenvalue weighted by molar-refractivity contribution is -0.126. The van der Waals surface area contributed by atoms with Crippen molar-refractivity contribution in [2.75, 3.05) is 9.96 Å². The van der Waals surface area contributed by atoms with Crippen LogP contribution in [0.3, 0.4) is 0 Å². The number of amides is 2. The zero-order valence-electron chi connectivity index (χ0n) is 17.1. The number of ketones is 1. The van der Waals surface area contributed by atoms with E-state index in [1.807, 2.05) is 54.6 Å². The van der Waals surface area contributed by atoms with Crippen LogP contribution in [0.5, 0.6) is 0 Å². The quantitative estimate of drug-likeness (QED) is 0.391. The maximum atomic E-state index is 13.6. The predicted octanol–water partition coefficient (Wildman–Crippen LogP) is 4.70. The van der Waals surface area contributed by atoms with E-state index in [1.54, 1.807) is 29.3 Å². The van der Waals surface area contributed by atoms with Gasteiger partial charge >= 0.3 is 0 Å². The smallest absolute Gasteiger partial charge is 0.266 e. The van der Waals surface area contributed by atoms with Gasteiger partial charge in [0.05, 0.1) is 17.4 Å². The number of imide groups is 1. The largest absolute Gasteiger partial charge is 0.295 e. The first-order valence-corrected chi connectivity index (χ1v) is 11.0. The molecular formula is C25H19BrN2O4. The summed E-state index contributed by atoms with van der Waals surface area (Å²) >= 11 is 3.50. The number of Topliss-reactive ketones (excluding diaryl/α,β-unsaturated/α-hetero) is 1. The zero-order valence-corrected chi connectivity index (χ0v) is 18.7. The average Bonchev–Trinajstić information content (AvgIpc) is 3.30. The van der Waals surface area contributed by atoms with Crippen molar-refractivity contribution in [1.29, 1.82) is 0 Å². The molecule has 0 saturated carbocycles. The number of fused-ring (bicyclic) bond motifs is 1. The number of hydrogen-bond donors (Lipinski definition) is 0. The number of carbonyl (C=O) groups excluding carboxylic acids is 3. The Labute approximate surface area is 193 Å². The van der Waals surface area contributed by atoms with E-state index in [1.165, 1.54) is 6.92 Å². The zero-order chi connectivity index (χ0) is 22.4. The highest BCUT2D eigenvalue weighted by Crippen LogP contribution is 2.47. The molecule has 3 atom stereocenters. The van der Waals surface area contributed by atoms with Gasteiger partial charge in [0.25, 0.3) is 5.91 Å². The van der Waals surface area contributed by atoms with Crippen LogP contribution in [0.1, 0.15) is 28.9 Å². The molecule has 0 N–H and O–H groups in total. The third kappa shape index (κ3) is 3.34. The fourth-order valence-electron chi connectivity index (χ4n) is 4.36. The Hall–Kier alpha value is -3.29. The van der Waals surface area contributed by atoms with Crippen molar-refractivity contribution >= 4 is 44.9 Å². The fourth-order valence-corrected chi connectivity index (χ4v) is 4.78. The van der Waals surface area contributed by atoms with Crippen LogP contribution in [0.4, 0.5) is 11.4 Å². The minimum atomic E-state index is -0.951. The van der Waals surface area contributed by atoms with Gasteiger partial charge in [-0.2, -0.15) is 0 Å². The molecule has 7 heteroatoms. The number of benzene rings is 3. The maximum absolute atomic E-state index is 13.6. The van der Waals surface area contributed by atoms with E-state index in [4.69, 9.17) is 4.84 Å². The van der Waals surface area contributed by atoms with E-state index < -0.39 is 24.0 Å². The number of nitrogens with zero attached hydrogens (tertiary/aromatic N) is 2. The summed E-state index contributed by atoms with van der Waals surface area (Å²) in [6.07, 6.45) is -0.951. The summed E-state index contributed by atoms with van der Waals surface area (Å²) in [5.74, 6) is -1.63. The average molecular weight is 491 g/mol. The van der Waals surface area contributed by atoms with Gasteiger partial charge in [-0.25, -0.2) is 9.96 Å². The van der Waals surface area contributed by atoms with Gasteiger partial charge < -0.3 is 0 Å². The van der Waals surface area contributed by atoms with Gasteiger partial charge in [-0.15, -0.1) is 0 Å². The minimum Gasteiger partial charge on any atom is -0.295 e. The molecule has 0 spiro atoms. The predicted molar refractivity (Wildman–Crippen MR) is 123 cm³/mol. The van der Waals surface area contributed by atoms with Gasteiger partial charge in [-0.1, -0.05) is 58.4 Å². The second-order valence-electron chi connectivity index (χ2n) is 7.83. The number of carbonyl (C=O) groups is 3. The van der Waals surface area contributed by atoms with Crippen molar-refractivity contribution in [2.45, 2.75) is 19.1 Å². The molecule has 2 saturated heterocycles. The van der Waals surface area contributed by atoms with Crippen LogP contribution >= 0.6 is 15.9 Å². The molecule has 5 rings (SSSR count). The number of hydrogen-bond acceptors (Lipinski definition) is 5. The van der Waals surface area contributed by atoms with Crippen LogP contribution in [-0.2, 0) is 14.4 Å².